The Bertz CT molecular complexity index is 280. The summed E-state index contributed by atoms with van der Waals surface area (Å²) >= 11 is 0. The summed E-state index contributed by atoms with van der Waals surface area (Å²) in [6.07, 6.45) is 2.08. The van der Waals surface area contributed by atoms with Crippen molar-refractivity contribution in [3.8, 4) is 0 Å². The van der Waals surface area contributed by atoms with Crippen molar-refractivity contribution in [2.75, 3.05) is 19.8 Å². The molecule has 0 saturated heterocycles. The van der Waals surface area contributed by atoms with Crippen LogP contribution in [0.2, 0.25) is 0 Å². The minimum atomic E-state index is -1.46. The zero-order valence-corrected chi connectivity index (χ0v) is 13.5. The van der Waals surface area contributed by atoms with Gasteiger partial charge in [0.25, 0.3) is 5.97 Å². The number of aliphatic carboxylic acids is 1. The molecule has 1 atom stereocenters. The molecule has 0 aromatic rings. The number of Topliss-reactive ketones (excluding diaryl/α,β-unsaturated/α-hetero) is 1. The Morgan fingerprint density at radius 1 is 0.952 bits per heavy atom. The van der Waals surface area contributed by atoms with Gasteiger partial charge in [-0.05, 0) is 26.2 Å². The average molecular weight is 304 g/mol. The van der Waals surface area contributed by atoms with Gasteiger partial charge in [0.05, 0.1) is 19.8 Å². The Morgan fingerprint density at radius 3 is 1.57 bits per heavy atom. The van der Waals surface area contributed by atoms with Gasteiger partial charge in [0.1, 0.15) is 11.7 Å². The van der Waals surface area contributed by atoms with Gasteiger partial charge in [-0.15, -0.1) is 0 Å². The zero-order chi connectivity index (χ0) is 16.3. The molecule has 0 aliphatic heterocycles. The van der Waals surface area contributed by atoms with Crippen LogP contribution in [-0.4, -0.2) is 42.7 Å². The number of ketones is 1. The topological polar surface area (TPSA) is 82.1 Å². The molecule has 1 N–H and O–H groups in total. The van der Waals surface area contributed by atoms with Crippen LogP contribution in [0.5, 0.6) is 0 Å². The van der Waals surface area contributed by atoms with Gasteiger partial charge in [-0.2, -0.15) is 0 Å². The van der Waals surface area contributed by atoms with Crippen LogP contribution >= 0.6 is 0 Å². The second-order valence-electron chi connectivity index (χ2n) is 4.93. The quantitative estimate of drug-likeness (QED) is 0.416. The van der Waals surface area contributed by atoms with E-state index in [9.17, 15) is 14.7 Å². The Hall–Kier alpha value is -0.980. The summed E-state index contributed by atoms with van der Waals surface area (Å²) in [4.78, 5) is 22.8. The van der Waals surface area contributed by atoms with E-state index in [1.54, 1.807) is 0 Å². The summed E-state index contributed by atoms with van der Waals surface area (Å²) in [5.74, 6) is -4.29. The van der Waals surface area contributed by atoms with Crippen molar-refractivity contribution < 1.29 is 28.9 Å². The number of hydrogen-bond acceptors (Lipinski definition) is 5. The van der Waals surface area contributed by atoms with Crippen LogP contribution in [0.4, 0.5) is 0 Å². The van der Waals surface area contributed by atoms with Crippen LogP contribution in [-0.2, 0) is 23.8 Å². The van der Waals surface area contributed by atoms with Crippen molar-refractivity contribution in [2.45, 2.75) is 59.4 Å². The highest BCUT2D eigenvalue weighted by atomic mass is 16.9. The van der Waals surface area contributed by atoms with Crippen molar-refractivity contribution >= 4 is 11.8 Å². The summed E-state index contributed by atoms with van der Waals surface area (Å²) < 4.78 is 17.0. The lowest BCUT2D eigenvalue weighted by Gasteiger charge is -2.34. The first-order valence-corrected chi connectivity index (χ1v) is 7.57. The Balaban J connectivity index is 5.16. The van der Waals surface area contributed by atoms with E-state index in [2.05, 4.69) is 0 Å². The lowest BCUT2D eigenvalue weighted by atomic mass is 10.00. The van der Waals surface area contributed by atoms with Crippen molar-refractivity contribution in [1.82, 2.24) is 0 Å². The molecule has 0 fully saturated rings. The third kappa shape index (κ3) is 7.55. The predicted octanol–water partition coefficient (Wildman–Crippen LogP) is 2.60. The lowest BCUT2D eigenvalue weighted by molar-refractivity contribution is -0.385. The molecular weight excluding hydrogens is 276 g/mol. The van der Waals surface area contributed by atoms with Crippen LogP contribution < -0.4 is 0 Å². The second-order valence-corrected chi connectivity index (χ2v) is 4.93. The Morgan fingerprint density at radius 2 is 1.33 bits per heavy atom. The van der Waals surface area contributed by atoms with Gasteiger partial charge >= 0.3 is 5.97 Å². The monoisotopic (exact) mass is 304 g/mol. The van der Waals surface area contributed by atoms with Gasteiger partial charge in [-0.3, -0.25) is 9.59 Å². The molecule has 124 valence electrons. The molecular formula is C15H28O6. The van der Waals surface area contributed by atoms with Crippen LogP contribution in [0, 0.1) is 5.92 Å². The molecule has 6 heteroatoms. The zero-order valence-electron chi connectivity index (χ0n) is 13.5. The van der Waals surface area contributed by atoms with Crippen molar-refractivity contribution in [3.05, 3.63) is 0 Å². The van der Waals surface area contributed by atoms with E-state index < -0.39 is 23.6 Å². The van der Waals surface area contributed by atoms with E-state index in [1.165, 1.54) is 6.92 Å². The fourth-order valence-electron chi connectivity index (χ4n) is 1.73. The molecule has 1 unspecified atom stereocenters. The van der Waals surface area contributed by atoms with Gasteiger partial charge in [-0.25, -0.2) is 0 Å². The molecule has 0 saturated carbocycles. The summed E-state index contributed by atoms with van der Waals surface area (Å²) in [6.45, 7) is 8.17. The summed E-state index contributed by atoms with van der Waals surface area (Å²) in [7, 11) is 0. The molecule has 6 nitrogen and oxygen atoms in total. The predicted molar refractivity (Wildman–Crippen MR) is 77.9 cm³/mol. The largest absolute Gasteiger partial charge is 0.481 e. The molecule has 0 aromatic heterocycles. The Kier molecular flexibility index (Phi) is 10.2. The number of carbonyl (C=O) groups excluding carboxylic acids is 1. The van der Waals surface area contributed by atoms with Crippen LogP contribution in [0.15, 0.2) is 0 Å². The van der Waals surface area contributed by atoms with Crippen molar-refractivity contribution in [3.63, 3.8) is 0 Å². The molecule has 0 heterocycles. The molecule has 0 rings (SSSR count). The molecule has 0 amide bonds. The van der Waals surface area contributed by atoms with E-state index in [-0.39, 0.29) is 6.42 Å². The number of rotatable bonds is 13. The van der Waals surface area contributed by atoms with Crippen LogP contribution in [0.25, 0.3) is 0 Å². The fourth-order valence-corrected chi connectivity index (χ4v) is 1.73. The first-order valence-electron chi connectivity index (χ1n) is 7.57. The minimum Gasteiger partial charge on any atom is -0.481 e. The van der Waals surface area contributed by atoms with E-state index >= 15 is 0 Å². The number of hydrogen-bond donors (Lipinski definition) is 1. The Labute approximate surface area is 126 Å². The highest BCUT2D eigenvalue weighted by Gasteiger charge is 2.40. The summed E-state index contributed by atoms with van der Waals surface area (Å²) in [6, 6.07) is 0. The standard InChI is InChI=1S/C15H28O6/c1-5-8-19-15(20-9-6-2,21-10-7-3)11-13(12(4)16)14(17)18/h13H,5-11H2,1-4H3,(H,17,18). The fraction of sp³-hybridized carbons (Fsp3) is 0.867. The molecule has 0 aliphatic rings. The van der Waals surface area contributed by atoms with Crippen molar-refractivity contribution in [1.29, 1.82) is 0 Å². The van der Waals surface area contributed by atoms with E-state index in [0.29, 0.717) is 19.8 Å². The first-order chi connectivity index (χ1) is 9.92. The summed E-state index contributed by atoms with van der Waals surface area (Å²) in [5.41, 5.74) is 0. The smallest absolute Gasteiger partial charge is 0.314 e. The van der Waals surface area contributed by atoms with Gasteiger partial charge < -0.3 is 19.3 Å². The maximum Gasteiger partial charge on any atom is 0.314 e. The first kappa shape index (κ1) is 20.0. The third-order valence-electron chi connectivity index (χ3n) is 2.82. The molecule has 0 spiro atoms. The van der Waals surface area contributed by atoms with E-state index in [0.717, 1.165) is 19.3 Å². The van der Waals surface area contributed by atoms with Gasteiger partial charge in [0.2, 0.25) is 0 Å². The molecule has 0 radical (unpaired) electrons. The molecule has 21 heavy (non-hydrogen) atoms. The average Bonchev–Trinajstić information content (AvgIpc) is 2.45. The van der Waals surface area contributed by atoms with Crippen LogP contribution in [0.3, 0.4) is 0 Å². The normalized spacial score (nSPS) is 13.1. The van der Waals surface area contributed by atoms with E-state index in [4.69, 9.17) is 14.2 Å². The number of carboxylic acid groups (broad SMARTS) is 1. The molecule has 0 bridgehead atoms. The molecule has 0 aliphatic carbocycles. The number of carbonyl (C=O) groups is 2. The summed E-state index contributed by atoms with van der Waals surface area (Å²) in [5, 5.41) is 9.20. The molecule has 0 aromatic carbocycles. The SMILES string of the molecule is CCCOC(CC(C(C)=O)C(=O)O)(OCCC)OCCC. The minimum absolute atomic E-state index is 0.141. The lowest BCUT2D eigenvalue weighted by Crippen LogP contribution is -2.44. The van der Waals surface area contributed by atoms with Gasteiger partial charge in [0, 0.05) is 6.42 Å². The van der Waals surface area contributed by atoms with Crippen LogP contribution in [0.1, 0.15) is 53.4 Å². The number of carboxylic acids is 1. The maximum atomic E-state index is 11.5. The second kappa shape index (κ2) is 10.7. The maximum absolute atomic E-state index is 11.5. The highest BCUT2D eigenvalue weighted by molar-refractivity contribution is 5.96. The van der Waals surface area contributed by atoms with E-state index in [1.807, 2.05) is 20.8 Å². The van der Waals surface area contributed by atoms with Gasteiger partial charge in [-0.1, -0.05) is 20.8 Å². The number of ether oxygens (including phenoxy) is 3. The third-order valence-corrected chi connectivity index (χ3v) is 2.82. The highest BCUT2D eigenvalue weighted by Crippen LogP contribution is 2.27. The van der Waals surface area contributed by atoms with Crippen molar-refractivity contribution in [2.24, 2.45) is 5.92 Å². The van der Waals surface area contributed by atoms with Gasteiger partial charge in [0.15, 0.2) is 0 Å².